The van der Waals surface area contributed by atoms with Gasteiger partial charge >= 0.3 is 5.97 Å². The lowest BCUT2D eigenvalue weighted by molar-refractivity contribution is -0.120. The molecule has 1 atom stereocenters. The van der Waals surface area contributed by atoms with Crippen molar-refractivity contribution >= 4 is 28.2 Å². The molecule has 2 aromatic heterocycles. The molecule has 0 unspecified atom stereocenters. The van der Waals surface area contributed by atoms with Gasteiger partial charge in [-0.3, -0.25) is 9.20 Å². The van der Waals surface area contributed by atoms with Crippen LogP contribution in [0.2, 0.25) is 0 Å². The first-order valence-corrected chi connectivity index (χ1v) is 11.6. The minimum atomic E-state index is -0.387. The quantitative estimate of drug-likeness (QED) is 0.442. The fourth-order valence-electron chi connectivity index (χ4n) is 4.23. The molecular formula is C25H23N3O4S. The van der Waals surface area contributed by atoms with Gasteiger partial charge in [0.15, 0.2) is 4.96 Å². The van der Waals surface area contributed by atoms with Crippen LogP contribution in [0.5, 0.6) is 5.75 Å². The van der Waals surface area contributed by atoms with Crippen molar-refractivity contribution in [1.82, 2.24) is 14.7 Å². The number of methoxy groups -OCH3 is 1. The van der Waals surface area contributed by atoms with E-state index in [1.54, 1.807) is 6.07 Å². The van der Waals surface area contributed by atoms with Crippen LogP contribution in [0.4, 0.5) is 0 Å². The number of carbonyl (C=O) groups is 2. The molecule has 1 amide bonds. The van der Waals surface area contributed by atoms with E-state index < -0.39 is 0 Å². The molecule has 33 heavy (non-hydrogen) atoms. The van der Waals surface area contributed by atoms with Crippen LogP contribution in [0.15, 0.2) is 54.2 Å². The molecule has 5 rings (SSSR count). The van der Waals surface area contributed by atoms with Gasteiger partial charge in [-0.25, -0.2) is 9.78 Å². The predicted molar refractivity (Wildman–Crippen MR) is 126 cm³/mol. The number of aryl methyl sites for hydroxylation is 1. The summed E-state index contributed by atoms with van der Waals surface area (Å²) in [7, 11) is 1.38. The van der Waals surface area contributed by atoms with Crippen LogP contribution in [0, 0.1) is 6.92 Å². The number of hydrogen-bond donors (Lipinski definition) is 1. The Morgan fingerprint density at radius 3 is 2.94 bits per heavy atom. The van der Waals surface area contributed by atoms with Crippen molar-refractivity contribution in [2.24, 2.45) is 0 Å². The number of hydrogen-bond acceptors (Lipinski definition) is 6. The average Bonchev–Trinajstić information content (AvgIpc) is 3.51. The summed E-state index contributed by atoms with van der Waals surface area (Å²) in [5, 5.41) is 4.93. The lowest BCUT2D eigenvalue weighted by atomic mass is 9.94. The summed E-state index contributed by atoms with van der Waals surface area (Å²) < 4.78 is 13.1. The first-order valence-electron chi connectivity index (χ1n) is 10.7. The smallest absolute Gasteiger partial charge is 0.338 e. The maximum absolute atomic E-state index is 12.5. The Balaban J connectivity index is 1.30. The van der Waals surface area contributed by atoms with Gasteiger partial charge in [-0.15, -0.1) is 11.3 Å². The Morgan fingerprint density at radius 2 is 2.12 bits per heavy atom. The fourth-order valence-corrected chi connectivity index (χ4v) is 4.95. The number of fused-ring (bicyclic) bond motifs is 2. The zero-order chi connectivity index (χ0) is 22.9. The summed E-state index contributed by atoms with van der Waals surface area (Å²) in [5.74, 6) is 0.278. The lowest BCUT2D eigenvalue weighted by Gasteiger charge is -2.15. The highest BCUT2D eigenvalue weighted by Gasteiger charge is 2.28. The zero-order valence-corrected chi connectivity index (χ0v) is 19.1. The molecule has 3 heterocycles. The van der Waals surface area contributed by atoms with Crippen LogP contribution in [-0.4, -0.2) is 41.0 Å². The van der Waals surface area contributed by atoms with Gasteiger partial charge in [0.25, 0.3) is 0 Å². The molecule has 0 saturated heterocycles. The van der Waals surface area contributed by atoms with Crippen LogP contribution in [0.1, 0.15) is 27.2 Å². The average molecular weight is 462 g/mol. The van der Waals surface area contributed by atoms with E-state index in [-0.39, 0.29) is 24.4 Å². The Morgan fingerprint density at radius 1 is 1.27 bits per heavy atom. The largest absolute Gasteiger partial charge is 0.487 e. The monoisotopic (exact) mass is 461 g/mol. The maximum Gasteiger partial charge on any atom is 0.338 e. The molecule has 0 fully saturated rings. The molecule has 0 bridgehead atoms. The molecule has 2 aromatic carbocycles. The highest BCUT2D eigenvalue weighted by Crippen LogP contribution is 2.41. The van der Waals surface area contributed by atoms with E-state index >= 15 is 0 Å². The number of imidazole rings is 1. The first kappa shape index (κ1) is 21.2. The molecule has 1 aliphatic heterocycles. The summed E-state index contributed by atoms with van der Waals surface area (Å²) in [5.41, 5.74) is 5.02. The fraction of sp³-hybridized carbons (Fsp3) is 0.240. The van der Waals surface area contributed by atoms with Gasteiger partial charge in [-0.05, 0) is 35.7 Å². The number of benzene rings is 2. The third-order valence-electron chi connectivity index (χ3n) is 5.68. The molecule has 168 valence electrons. The highest BCUT2D eigenvalue weighted by atomic mass is 32.1. The van der Waals surface area contributed by atoms with E-state index in [1.807, 2.05) is 53.4 Å². The third kappa shape index (κ3) is 4.21. The van der Waals surface area contributed by atoms with Crippen LogP contribution in [-0.2, 0) is 22.4 Å². The van der Waals surface area contributed by atoms with Crippen molar-refractivity contribution in [3.05, 3.63) is 76.6 Å². The van der Waals surface area contributed by atoms with Gasteiger partial charge in [0.2, 0.25) is 5.91 Å². The molecule has 4 aromatic rings. The molecule has 0 spiro atoms. The Bertz CT molecular complexity index is 1330. The summed E-state index contributed by atoms with van der Waals surface area (Å²) in [6, 6.07) is 11.5. The number of amides is 1. The Labute approximate surface area is 195 Å². The summed E-state index contributed by atoms with van der Waals surface area (Å²) in [6.45, 7) is 2.42. The van der Waals surface area contributed by atoms with Crippen molar-refractivity contribution in [3.63, 3.8) is 0 Å². The normalized spacial score (nSPS) is 14.7. The van der Waals surface area contributed by atoms with Gasteiger partial charge in [0.05, 0.1) is 31.3 Å². The number of rotatable bonds is 6. The van der Waals surface area contributed by atoms with E-state index in [1.165, 1.54) is 18.4 Å². The summed E-state index contributed by atoms with van der Waals surface area (Å²) in [6.07, 6.45) is 4.53. The van der Waals surface area contributed by atoms with Gasteiger partial charge in [-0.2, -0.15) is 0 Å². The molecule has 0 radical (unpaired) electrons. The van der Waals surface area contributed by atoms with Gasteiger partial charge in [0.1, 0.15) is 11.9 Å². The van der Waals surface area contributed by atoms with Gasteiger partial charge in [-0.1, -0.05) is 24.3 Å². The van der Waals surface area contributed by atoms with E-state index in [2.05, 4.69) is 16.4 Å². The second kappa shape index (κ2) is 8.71. The molecule has 1 aliphatic rings. The van der Waals surface area contributed by atoms with E-state index in [9.17, 15) is 9.59 Å². The number of ether oxygens (including phenoxy) is 2. The Hall–Kier alpha value is -3.65. The minimum absolute atomic E-state index is 0.0900. The second-order valence-corrected chi connectivity index (χ2v) is 8.96. The van der Waals surface area contributed by atoms with Gasteiger partial charge < -0.3 is 14.8 Å². The minimum Gasteiger partial charge on any atom is -0.487 e. The van der Waals surface area contributed by atoms with Crippen LogP contribution in [0.3, 0.4) is 0 Å². The van der Waals surface area contributed by atoms with E-state index in [0.717, 1.165) is 38.7 Å². The van der Waals surface area contributed by atoms with Crippen molar-refractivity contribution in [3.8, 4) is 16.9 Å². The first-order chi connectivity index (χ1) is 16.0. The van der Waals surface area contributed by atoms with Gasteiger partial charge in [0, 0.05) is 29.8 Å². The van der Waals surface area contributed by atoms with Crippen LogP contribution < -0.4 is 10.1 Å². The van der Waals surface area contributed by atoms with Crippen LogP contribution >= 0.6 is 11.3 Å². The standard InChI is InChI=1S/C25H23N3O4S/c1-15-9-16-11-18(13-26-22(29)12-17-14-28-7-8-33-25(28)27-17)32-23(16)21(10-15)19-5-3-4-6-20(19)24(30)31-2/h3-10,14,18H,11-13H2,1-2H3,(H,26,29)/t18-/m1/s1. The Kier molecular flexibility index (Phi) is 5.60. The number of nitrogens with zero attached hydrogens (tertiary/aromatic N) is 2. The molecule has 7 nitrogen and oxygen atoms in total. The molecular weight excluding hydrogens is 438 g/mol. The topological polar surface area (TPSA) is 81.9 Å². The summed E-state index contributed by atoms with van der Waals surface area (Å²) >= 11 is 1.54. The van der Waals surface area contributed by atoms with Crippen molar-refractivity contribution in [1.29, 1.82) is 0 Å². The summed E-state index contributed by atoms with van der Waals surface area (Å²) in [4.78, 5) is 30.1. The molecule has 0 saturated carbocycles. The molecule has 8 heteroatoms. The highest BCUT2D eigenvalue weighted by molar-refractivity contribution is 7.15. The number of esters is 1. The van der Waals surface area contributed by atoms with Crippen molar-refractivity contribution in [2.45, 2.75) is 25.9 Å². The molecule has 0 aliphatic carbocycles. The number of aromatic nitrogens is 2. The lowest BCUT2D eigenvalue weighted by Crippen LogP contribution is -2.35. The number of carbonyl (C=O) groups excluding carboxylic acids is 2. The SMILES string of the molecule is COC(=O)c1ccccc1-c1cc(C)cc2c1O[C@@H](CNC(=O)Cc1cn3ccsc3n1)C2. The number of nitrogens with one attached hydrogen (secondary N) is 1. The van der Waals surface area contributed by atoms with E-state index in [4.69, 9.17) is 9.47 Å². The predicted octanol–water partition coefficient (Wildman–Crippen LogP) is 3.82. The molecule has 1 N–H and O–H groups in total. The second-order valence-electron chi connectivity index (χ2n) is 8.09. The zero-order valence-electron chi connectivity index (χ0n) is 18.3. The number of thiazole rings is 1. The van der Waals surface area contributed by atoms with E-state index in [0.29, 0.717) is 18.5 Å². The maximum atomic E-state index is 12.5. The van der Waals surface area contributed by atoms with Crippen LogP contribution in [0.25, 0.3) is 16.1 Å². The van der Waals surface area contributed by atoms with Crippen molar-refractivity contribution < 1.29 is 19.1 Å². The van der Waals surface area contributed by atoms with Crippen molar-refractivity contribution in [2.75, 3.05) is 13.7 Å². The third-order valence-corrected chi connectivity index (χ3v) is 6.45.